The van der Waals surface area contributed by atoms with Crippen LogP contribution in [0, 0.1) is 0 Å². The molecule has 0 aliphatic heterocycles. The number of nitrogens with one attached hydrogen (secondary N) is 1. The summed E-state index contributed by atoms with van der Waals surface area (Å²) in [5.74, 6) is 0.209. The van der Waals surface area contributed by atoms with Crippen LogP contribution in [0.3, 0.4) is 0 Å². The molecule has 3 N–H and O–H groups in total. The number of ether oxygens (including phenoxy) is 1. The molecular weight excluding hydrogens is 332 g/mol. The first kappa shape index (κ1) is 15.4. The van der Waals surface area contributed by atoms with E-state index < -0.39 is 5.91 Å². The van der Waals surface area contributed by atoms with E-state index in [4.69, 9.17) is 10.5 Å². The van der Waals surface area contributed by atoms with Crippen molar-refractivity contribution in [3.63, 3.8) is 0 Å². The molecule has 21 heavy (non-hydrogen) atoms. The molecule has 1 unspecified atom stereocenters. The van der Waals surface area contributed by atoms with Gasteiger partial charge in [-0.05, 0) is 42.8 Å². The van der Waals surface area contributed by atoms with Gasteiger partial charge in [-0.3, -0.25) is 4.79 Å². The first-order valence-corrected chi connectivity index (χ1v) is 7.30. The number of methoxy groups -OCH3 is 1. The molecule has 0 saturated heterocycles. The van der Waals surface area contributed by atoms with E-state index in [1.54, 1.807) is 25.3 Å². The van der Waals surface area contributed by atoms with Gasteiger partial charge in [0.25, 0.3) is 0 Å². The van der Waals surface area contributed by atoms with Crippen LogP contribution in [0.4, 0.5) is 5.69 Å². The standard InChI is InChI=1S/C16H17BrN2O2/c1-10(11-3-6-13(17)7-4-11)19-14-9-12(16(18)20)5-8-15(14)21-2/h3-10,19H,1-2H3,(H2,18,20). The van der Waals surface area contributed by atoms with E-state index in [0.717, 1.165) is 15.7 Å². The smallest absolute Gasteiger partial charge is 0.248 e. The molecule has 0 radical (unpaired) electrons. The second-order valence-corrected chi connectivity index (χ2v) is 5.61. The number of nitrogens with two attached hydrogens (primary N) is 1. The quantitative estimate of drug-likeness (QED) is 0.865. The van der Waals surface area contributed by atoms with Crippen LogP contribution < -0.4 is 15.8 Å². The first-order chi connectivity index (χ1) is 10.0. The number of hydrogen-bond acceptors (Lipinski definition) is 3. The van der Waals surface area contributed by atoms with Gasteiger partial charge in [0, 0.05) is 16.1 Å². The van der Waals surface area contributed by atoms with Gasteiger partial charge in [0.05, 0.1) is 12.8 Å². The molecule has 4 nitrogen and oxygen atoms in total. The van der Waals surface area contributed by atoms with Crippen LogP contribution in [0.2, 0.25) is 0 Å². The van der Waals surface area contributed by atoms with Gasteiger partial charge in [-0.25, -0.2) is 0 Å². The van der Waals surface area contributed by atoms with Crippen LogP contribution in [-0.2, 0) is 0 Å². The van der Waals surface area contributed by atoms with Crippen molar-refractivity contribution in [3.8, 4) is 5.75 Å². The minimum atomic E-state index is -0.461. The lowest BCUT2D eigenvalue weighted by Crippen LogP contribution is -2.13. The van der Waals surface area contributed by atoms with Gasteiger partial charge < -0.3 is 15.8 Å². The highest BCUT2D eigenvalue weighted by Crippen LogP contribution is 2.29. The summed E-state index contributed by atoms with van der Waals surface area (Å²) in [6.07, 6.45) is 0. The zero-order chi connectivity index (χ0) is 15.4. The number of halogens is 1. The van der Waals surface area contributed by atoms with E-state index in [0.29, 0.717) is 11.3 Å². The normalized spacial score (nSPS) is 11.8. The van der Waals surface area contributed by atoms with Crippen molar-refractivity contribution in [2.45, 2.75) is 13.0 Å². The third-order valence-electron chi connectivity index (χ3n) is 3.23. The van der Waals surface area contributed by atoms with Crippen molar-refractivity contribution in [1.82, 2.24) is 0 Å². The summed E-state index contributed by atoms with van der Waals surface area (Å²) in [7, 11) is 1.59. The highest BCUT2D eigenvalue weighted by molar-refractivity contribution is 9.10. The molecule has 0 aliphatic rings. The Morgan fingerprint density at radius 1 is 1.24 bits per heavy atom. The topological polar surface area (TPSA) is 64.3 Å². The average molecular weight is 349 g/mol. The lowest BCUT2D eigenvalue weighted by molar-refractivity contribution is 0.100. The predicted octanol–water partition coefficient (Wildman–Crippen LogP) is 3.73. The monoisotopic (exact) mass is 348 g/mol. The Bertz CT molecular complexity index is 641. The van der Waals surface area contributed by atoms with E-state index in [2.05, 4.69) is 21.2 Å². The second-order valence-electron chi connectivity index (χ2n) is 4.70. The van der Waals surface area contributed by atoms with E-state index in [1.807, 2.05) is 31.2 Å². The van der Waals surface area contributed by atoms with Crippen molar-refractivity contribution >= 4 is 27.5 Å². The molecule has 0 fully saturated rings. The van der Waals surface area contributed by atoms with Crippen LogP contribution in [0.5, 0.6) is 5.75 Å². The van der Waals surface area contributed by atoms with E-state index in [9.17, 15) is 4.79 Å². The minimum absolute atomic E-state index is 0.0649. The Hall–Kier alpha value is -2.01. The summed E-state index contributed by atoms with van der Waals surface area (Å²) in [4.78, 5) is 11.3. The Morgan fingerprint density at radius 2 is 1.90 bits per heavy atom. The van der Waals surface area contributed by atoms with Crippen molar-refractivity contribution in [2.75, 3.05) is 12.4 Å². The predicted molar refractivity (Wildman–Crippen MR) is 87.7 cm³/mol. The Kier molecular flexibility index (Phi) is 4.85. The Morgan fingerprint density at radius 3 is 2.48 bits per heavy atom. The molecule has 2 aromatic carbocycles. The second kappa shape index (κ2) is 6.63. The number of amides is 1. The molecule has 5 heteroatoms. The molecule has 110 valence electrons. The number of carbonyl (C=O) groups excluding carboxylic acids is 1. The van der Waals surface area contributed by atoms with Gasteiger partial charge in [0.15, 0.2) is 0 Å². The molecule has 0 saturated carbocycles. The summed E-state index contributed by atoms with van der Waals surface area (Å²) in [6.45, 7) is 2.04. The molecule has 0 aliphatic carbocycles. The number of hydrogen-bond donors (Lipinski definition) is 2. The highest BCUT2D eigenvalue weighted by atomic mass is 79.9. The third-order valence-corrected chi connectivity index (χ3v) is 3.75. The van der Waals surface area contributed by atoms with Gasteiger partial charge >= 0.3 is 0 Å². The van der Waals surface area contributed by atoms with Crippen LogP contribution in [-0.4, -0.2) is 13.0 Å². The molecule has 0 bridgehead atoms. The van der Waals surface area contributed by atoms with E-state index >= 15 is 0 Å². The largest absolute Gasteiger partial charge is 0.495 e. The highest BCUT2D eigenvalue weighted by Gasteiger charge is 2.11. The maximum atomic E-state index is 11.3. The number of carbonyl (C=O) groups is 1. The molecule has 2 aromatic rings. The van der Waals surface area contributed by atoms with Gasteiger partial charge in [0.1, 0.15) is 5.75 Å². The molecule has 0 spiro atoms. The molecule has 1 atom stereocenters. The zero-order valence-electron chi connectivity index (χ0n) is 11.9. The van der Waals surface area contributed by atoms with Crippen LogP contribution >= 0.6 is 15.9 Å². The number of benzene rings is 2. The van der Waals surface area contributed by atoms with Crippen LogP contribution in [0.25, 0.3) is 0 Å². The van der Waals surface area contributed by atoms with Crippen molar-refractivity contribution in [1.29, 1.82) is 0 Å². The van der Waals surface area contributed by atoms with Gasteiger partial charge in [-0.2, -0.15) is 0 Å². The van der Waals surface area contributed by atoms with Crippen LogP contribution in [0.1, 0.15) is 28.9 Å². The maximum absolute atomic E-state index is 11.3. The molecule has 1 amide bonds. The first-order valence-electron chi connectivity index (χ1n) is 6.51. The van der Waals surface area contributed by atoms with Crippen molar-refractivity contribution in [2.24, 2.45) is 5.73 Å². The summed E-state index contributed by atoms with van der Waals surface area (Å²) >= 11 is 3.42. The molecule has 2 rings (SSSR count). The number of anilines is 1. The summed E-state index contributed by atoms with van der Waals surface area (Å²) < 4.78 is 6.35. The fraction of sp³-hybridized carbons (Fsp3) is 0.188. The molecular formula is C16H17BrN2O2. The Labute approximate surface area is 132 Å². The lowest BCUT2D eigenvalue weighted by Gasteiger charge is -2.18. The summed E-state index contributed by atoms with van der Waals surface area (Å²) in [6, 6.07) is 13.2. The summed E-state index contributed by atoms with van der Waals surface area (Å²) in [5.41, 5.74) is 7.64. The van der Waals surface area contributed by atoms with Crippen molar-refractivity contribution in [3.05, 3.63) is 58.1 Å². The fourth-order valence-corrected chi connectivity index (χ4v) is 2.31. The SMILES string of the molecule is COc1ccc(C(N)=O)cc1NC(C)c1ccc(Br)cc1. The summed E-state index contributed by atoms with van der Waals surface area (Å²) in [5, 5.41) is 3.34. The van der Waals surface area contributed by atoms with Gasteiger partial charge in [-0.15, -0.1) is 0 Å². The Balaban J connectivity index is 2.26. The van der Waals surface area contributed by atoms with Crippen molar-refractivity contribution < 1.29 is 9.53 Å². The van der Waals surface area contributed by atoms with E-state index in [-0.39, 0.29) is 6.04 Å². The van der Waals surface area contributed by atoms with Gasteiger partial charge in [0.2, 0.25) is 5.91 Å². The fourth-order valence-electron chi connectivity index (χ4n) is 2.04. The minimum Gasteiger partial charge on any atom is -0.495 e. The number of primary amides is 1. The zero-order valence-corrected chi connectivity index (χ0v) is 13.5. The lowest BCUT2D eigenvalue weighted by atomic mass is 10.1. The van der Waals surface area contributed by atoms with Crippen LogP contribution in [0.15, 0.2) is 46.9 Å². The average Bonchev–Trinajstić information content (AvgIpc) is 2.47. The third kappa shape index (κ3) is 3.76. The maximum Gasteiger partial charge on any atom is 0.248 e. The molecule has 0 heterocycles. The van der Waals surface area contributed by atoms with Gasteiger partial charge in [-0.1, -0.05) is 28.1 Å². The van der Waals surface area contributed by atoms with E-state index in [1.165, 1.54) is 0 Å². The molecule has 0 aromatic heterocycles. The number of rotatable bonds is 5.